The lowest BCUT2D eigenvalue weighted by Gasteiger charge is -2.31. The van der Waals surface area contributed by atoms with Crippen LogP contribution in [0.4, 0.5) is 0 Å². The Labute approximate surface area is 256 Å². The van der Waals surface area contributed by atoms with Crippen LogP contribution in [0.2, 0.25) is 0 Å². The fourth-order valence-corrected chi connectivity index (χ4v) is 5.32. The first kappa shape index (κ1) is 28.6. The fraction of sp³-hybridized carbons (Fsp3) is 0.167. The Morgan fingerprint density at radius 1 is 0.568 bits per heavy atom. The van der Waals surface area contributed by atoms with E-state index in [0.29, 0.717) is 37.4 Å². The van der Waals surface area contributed by atoms with E-state index in [4.69, 9.17) is 10.2 Å². The summed E-state index contributed by atoms with van der Waals surface area (Å²) in [7, 11) is 0. The van der Waals surface area contributed by atoms with Crippen LogP contribution in [0.3, 0.4) is 0 Å². The van der Waals surface area contributed by atoms with E-state index >= 15 is 0 Å². The highest BCUT2D eigenvalue weighted by molar-refractivity contribution is 5.93. The summed E-state index contributed by atoms with van der Waals surface area (Å²) in [5.41, 5.74) is 9.35. The van der Waals surface area contributed by atoms with Gasteiger partial charge in [0.25, 0.3) is 11.1 Å². The van der Waals surface area contributed by atoms with Crippen LogP contribution in [-0.4, -0.2) is 31.1 Å². The monoisotopic (exact) mass is 582 g/mol. The average Bonchev–Trinajstić information content (AvgIpc) is 3.07. The largest absolute Gasteiger partial charge is 0.306 e. The highest BCUT2D eigenvalue weighted by Gasteiger charge is 2.23. The van der Waals surface area contributed by atoms with Gasteiger partial charge in [0, 0.05) is 37.0 Å². The molecule has 5 aromatic rings. The predicted octanol–water partition coefficient (Wildman–Crippen LogP) is 4.93. The van der Waals surface area contributed by atoms with E-state index in [9.17, 15) is 9.59 Å². The number of hydrogen-bond donors (Lipinski definition) is 1. The second-order valence-corrected chi connectivity index (χ2v) is 10.7. The number of rotatable bonds is 11. The Morgan fingerprint density at radius 3 is 1.82 bits per heavy atom. The molecule has 0 fully saturated rings. The van der Waals surface area contributed by atoms with Gasteiger partial charge in [0.1, 0.15) is 5.69 Å². The molecule has 1 N–H and O–H groups in total. The molecular formula is C36H34N6O2. The number of hydrazine groups is 1. The molecule has 0 unspecified atom stereocenters. The Balaban J connectivity index is 1.37. The lowest BCUT2D eigenvalue weighted by Crippen LogP contribution is -2.37. The summed E-state index contributed by atoms with van der Waals surface area (Å²) < 4.78 is 3.01. The molecule has 6 rings (SSSR count). The zero-order valence-electron chi connectivity index (χ0n) is 24.4. The number of aromatic nitrogens is 4. The Kier molecular flexibility index (Phi) is 8.88. The molecule has 1 aliphatic rings. The molecule has 3 heterocycles. The van der Waals surface area contributed by atoms with E-state index in [1.807, 2.05) is 66.9 Å². The van der Waals surface area contributed by atoms with Gasteiger partial charge in [0.2, 0.25) is 0 Å². The second-order valence-electron chi connectivity index (χ2n) is 10.7. The first-order chi connectivity index (χ1) is 21.6. The molecule has 3 aromatic carbocycles. The van der Waals surface area contributed by atoms with E-state index in [-0.39, 0.29) is 11.1 Å². The highest BCUT2D eigenvalue weighted by atomic mass is 16.1. The molecule has 44 heavy (non-hydrogen) atoms. The molecule has 0 saturated carbocycles. The summed E-state index contributed by atoms with van der Waals surface area (Å²) in [6, 6.07) is 36.9. The number of hydrogen-bond acceptors (Lipinski definition) is 6. The molecule has 0 radical (unpaired) electrons. The summed E-state index contributed by atoms with van der Waals surface area (Å²) in [5.74, 6) is 0. The number of benzene rings is 3. The summed E-state index contributed by atoms with van der Waals surface area (Å²) in [4.78, 5) is 25.7. The molecular weight excluding hydrogens is 548 g/mol. The van der Waals surface area contributed by atoms with E-state index in [2.05, 4.69) is 46.8 Å². The molecule has 8 heteroatoms. The van der Waals surface area contributed by atoms with Gasteiger partial charge in [-0.15, -0.1) is 0 Å². The summed E-state index contributed by atoms with van der Waals surface area (Å²) in [6.07, 6.45) is 6.31. The zero-order chi connectivity index (χ0) is 30.1. The predicted molar refractivity (Wildman–Crippen MR) is 173 cm³/mol. The normalized spacial score (nSPS) is 12.8. The van der Waals surface area contributed by atoms with Gasteiger partial charge >= 0.3 is 0 Å². The van der Waals surface area contributed by atoms with E-state index in [1.165, 1.54) is 14.9 Å². The molecule has 0 bridgehead atoms. The minimum absolute atomic E-state index is 0.156. The van der Waals surface area contributed by atoms with Crippen LogP contribution in [0.25, 0.3) is 11.3 Å². The minimum atomic E-state index is -0.176. The van der Waals surface area contributed by atoms with Gasteiger partial charge in [0.05, 0.1) is 17.9 Å². The van der Waals surface area contributed by atoms with E-state index < -0.39 is 0 Å². The molecule has 2 aromatic heterocycles. The molecule has 1 aliphatic heterocycles. The maximum Gasteiger partial charge on any atom is 0.267 e. The SMILES string of the molecule is O=c1ccc(C2=C(c3ccc(=O)n(CCc4ccccc4)n3)N(CCCc3ccccc3)NC=C2)nn1Cc1ccccc1. The molecule has 8 nitrogen and oxygen atoms in total. The Hall–Kier alpha value is -5.50. The molecule has 0 saturated heterocycles. The lowest BCUT2D eigenvalue weighted by molar-refractivity contribution is 0.327. The van der Waals surface area contributed by atoms with Gasteiger partial charge in [-0.1, -0.05) is 91.0 Å². The van der Waals surface area contributed by atoms with Crippen LogP contribution in [0, 0.1) is 0 Å². The number of allylic oxidation sites excluding steroid dienone is 2. The van der Waals surface area contributed by atoms with Crippen molar-refractivity contribution in [3.63, 3.8) is 0 Å². The van der Waals surface area contributed by atoms with Crippen molar-refractivity contribution in [3.8, 4) is 0 Å². The standard InChI is InChI=1S/C36H34N6O2/c43-34-21-19-33(39-40(34)26-23-29-13-6-2-7-14-29)36-31(22-24-37-41(36)25-10-17-28-11-4-1-5-12-28)32-18-20-35(44)42(38-32)27-30-15-8-3-9-16-30/h1-9,11-16,18-22,24,37H,10,17,23,25-27H2. The molecule has 220 valence electrons. The van der Waals surface area contributed by atoms with Crippen molar-refractivity contribution < 1.29 is 0 Å². The van der Waals surface area contributed by atoms with Crippen LogP contribution in [-0.2, 0) is 25.9 Å². The van der Waals surface area contributed by atoms with Gasteiger partial charge < -0.3 is 5.43 Å². The van der Waals surface area contributed by atoms with Gasteiger partial charge in [-0.3, -0.25) is 14.6 Å². The third kappa shape index (κ3) is 6.93. The van der Waals surface area contributed by atoms with E-state index in [1.54, 1.807) is 24.3 Å². The Morgan fingerprint density at radius 2 is 1.14 bits per heavy atom. The van der Waals surface area contributed by atoms with Crippen molar-refractivity contribution in [3.05, 3.63) is 176 Å². The number of nitrogens with zero attached hydrogens (tertiary/aromatic N) is 5. The summed E-state index contributed by atoms with van der Waals surface area (Å²) in [5, 5.41) is 11.7. The topological polar surface area (TPSA) is 85.1 Å². The second kappa shape index (κ2) is 13.6. The van der Waals surface area contributed by atoms with Gasteiger partial charge in [0.15, 0.2) is 0 Å². The van der Waals surface area contributed by atoms with Gasteiger partial charge in [-0.05, 0) is 54.2 Å². The van der Waals surface area contributed by atoms with Crippen molar-refractivity contribution in [1.82, 2.24) is 30.0 Å². The number of nitrogens with one attached hydrogen (secondary N) is 1. The first-order valence-electron chi connectivity index (χ1n) is 14.9. The molecule has 0 amide bonds. The third-order valence-corrected chi connectivity index (χ3v) is 7.58. The average molecular weight is 583 g/mol. The van der Waals surface area contributed by atoms with E-state index in [0.717, 1.165) is 35.2 Å². The van der Waals surface area contributed by atoms with Crippen molar-refractivity contribution in [2.75, 3.05) is 6.54 Å². The maximum atomic E-state index is 12.9. The molecule has 0 spiro atoms. The first-order valence-corrected chi connectivity index (χ1v) is 14.9. The van der Waals surface area contributed by atoms with Gasteiger partial charge in [-0.2, -0.15) is 10.2 Å². The summed E-state index contributed by atoms with van der Waals surface area (Å²) in [6.45, 7) is 1.50. The van der Waals surface area contributed by atoms with Crippen LogP contribution in [0.1, 0.15) is 34.5 Å². The van der Waals surface area contributed by atoms with Crippen LogP contribution in [0.5, 0.6) is 0 Å². The minimum Gasteiger partial charge on any atom is -0.306 e. The van der Waals surface area contributed by atoms with Crippen molar-refractivity contribution in [2.45, 2.75) is 32.4 Å². The summed E-state index contributed by atoms with van der Waals surface area (Å²) >= 11 is 0. The lowest BCUT2D eigenvalue weighted by atomic mass is 10.0. The highest BCUT2D eigenvalue weighted by Crippen LogP contribution is 2.30. The quantitative estimate of drug-likeness (QED) is 0.238. The maximum absolute atomic E-state index is 12.9. The van der Waals surface area contributed by atoms with Crippen molar-refractivity contribution in [1.29, 1.82) is 0 Å². The fourth-order valence-electron chi connectivity index (χ4n) is 5.32. The van der Waals surface area contributed by atoms with Gasteiger partial charge in [-0.25, -0.2) is 9.36 Å². The zero-order valence-corrected chi connectivity index (χ0v) is 24.4. The smallest absolute Gasteiger partial charge is 0.267 e. The van der Waals surface area contributed by atoms with Crippen LogP contribution in [0.15, 0.2) is 137 Å². The third-order valence-electron chi connectivity index (χ3n) is 7.58. The Bertz CT molecular complexity index is 1880. The van der Waals surface area contributed by atoms with Crippen LogP contribution >= 0.6 is 0 Å². The van der Waals surface area contributed by atoms with Crippen molar-refractivity contribution in [2.24, 2.45) is 0 Å². The van der Waals surface area contributed by atoms with Crippen LogP contribution < -0.4 is 16.5 Å². The molecule has 0 atom stereocenters. The van der Waals surface area contributed by atoms with Crippen molar-refractivity contribution >= 4 is 11.3 Å². The molecule has 0 aliphatic carbocycles. The number of aryl methyl sites for hydroxylation is 3.